The summed E-state index contributed by atoms with van der Waals surface area (Å²) in [6, 6.07) is -0.0556. The van der Waals surface area contributed by atoms with E-state index in [1.807, 2.05) is 0 Å². The van der Waals surface area contributed by atoms with Crippen LogP contribution in [0, 0.1) is 29.6 Å². The van der Waals surface area contributed by atoms with Gasteiger partial charge >= 0.3 is 5.97 Å². The highest BCUT2D eigenvalue weighted by atomic mass is 35.5. The lowest BCUT2D eigenvalue weighted by atomic mass is 9.62. The molecule has 4 heteroatoms. The van der Waals surface area contributed by atoms with Crippen LogP contribution >= 0.6 is 12.4 Å². The number of carboxylic acid groups (broad SMARTS) is 1. The minimum Gasteiger partial charge on any atom is -0.481 e. The fourth-order valence-corrected chi connectivity index (χ4v) is 3.86. The van der Waals surface area contributed by atoms with Gasteiger partial charge in [-0.05, 0) is 42.9 Å². The minimum atomic E-state index is -0.660. The first-order chi connectivity index (χ1) is 6.20. The molecule has 0 amide bonds. The van der Waals surface area contributed by atoms with E-state index in [1.165, 1.54) is 12.8 Å². The Morgan fingerprint density at radius 2 is 1.71 bits per heavy atom. The normalized spacial score (nSPS) is 53.2. The molecule has 4 aliphatic rings. The van der Waals surface area contributed by atoms with Crippen molar-refractivity contribution in [3.05, 3.63) is 0 Å². The van der Waals surface area contributed by atoms with E-state index >= 15 is 0 Å². The van der Waals surface area contributed by atoms with Crippen LogP contribution in [0.4, 0.5) is 0 Å². The fraction of sp³-hybridized carbons (Fsp3) is 0.900. The van der Waals surface area contributed by atoms with Crippen LogP contribution in [0.5, 0.6) is 0 Å². The molecule has 14 heavy (non-hydrogen) atoms. The van der Waals surface area contributed by atoms with Gasteiger partial charge in [0.15, 0.2) is 0 Å². The van der Waals surface area contributed by atoms with Crippen molar-refractivity contribution >= 4 is 18.4 Å². The maximum atomic E-state index is 11.0. The molecule has 2 bridgehead atoms. The summed E-state index contributed by atoms with van der Waals surface area (Å²) in [6.07, 6.45) is 3.54. The summed E-state index contributed by atoms with van der Waals surface area (Å²) in [4.78, 5) is 11.0. The second-order valence-electron chi connectivity index (χ2n) is 4.91. The highest BCUT2D eigenvalue weighted by molar-refractivity contribution is 5.85. The quantitative estimate of drug-likeness (QED) is 0.692. The molecule has 0 unspecified atom stereocenters. The Balaban J connectivity index is 0.000000750. The van der Waals surface area contributed by atoms with Gasteiger partial charge in [0, 0.05) is 6.04 Å². The number of hydrogen-bond donors (Lipinski definition) is 2. The molecule has 4 aliphatic carbocycles. The molecule has 0 aromatic carbocycles. The Morgan fingerprint density at radius 1 is 1.14 bits per heavy atom. The van der Waals surface area contributed by atoms with Gasteiger partial charge in [-0.2, -0.15) is 0 Å². The van der Waals surface area contributed by atoms with E-state index in [4.69, 9.17) is 10.8 Å². The van der Waals surface area contributed by atoms with Gasteiger partial charge in [-0.3, -0.25) is 4.79 Å². The van der Waals surface area contributed by atoms with Crippen molar-refractivity contribution in [3.8, 4) is 0 Å². The van der Waals surface area contributed by atoms with Gasteiger partial charge in [0.2, 0.25) is 0 Å². The molecule has 3 N–H and O–H groups in total. The predicted octanol–water partition coefficient (Wildman–Crippen LogP) is 1.11. The van der Waals surface area contributed by atoms with Crippen LogP contribution in [0.2, 0.25) is 0 Å². The average molecular weight is 218 g/mol. The van der Waals surface area contributed by atoms with E-state index < -0.39 is 5.97 Å². The van der Waals surface area contributed by atoms with Crippen LogP contribution < -0.4 is 5.73 Å². The largest absolute Gasteiger partial charge is 0.481 e. The predicted molar refractivity (Wildman–Crippen MR) is 54.2 cm³/mol. The number of aliphatic carboxylic acids is 1. The van der Waals surface area contributed by atoms with E-state index in [2.05, 4.69) is 0 Å². The molecule has 3 nitrogen and oxygen atoms in total. The number of fused-ring (bicyclic) bond motifs is 2. The molecule has 6 atom stereocenters. The number of halogens is 1. The van der Waals surface area contributed by atoms with Crippen LogP contribution in [-0.2, 0) is 4.79 Å². The van der Waals surface area contributed by atoms with Crippen molar-refractivity contribution in [2.45, 2.75) is 25.3 Å². The Bertz CT molecular complexity index is 271. The Morgan fingerprint density at radius 3 is 2.36 bits per heavy atom. The zero-order valence-corrected chi connectivity index (χ0v) is 8.74. The standard InChI is InChI=1S/C10H15NO2.ClH/c11-9-5-2-1-4(6-3-7(5)6)8(9)10(12)13;/h4-9H,1-3,11H2,(H,12,13);1H/t4-,5+,6+,7-,8-,9+;/m0./s1. The summed E-state index contributed by atoms with van der Waals surface area (Å²) < 4.78 is 0. The number of rotatable bonds is 1. The van der Waals surface area contributed by atoms with Crippen LogP contribution in [0.3, 0.4) is 0 Å². The van der Waals surface area contributed by atoms with Crippen molar-refractivity contribution in [2.75, 3.05) is 0 Å². The van der Waals surface area contributed by atoms with E-state index in [-0.39, 0.29) is 24.4 Å². The second kappa shape index (κ2) is 3.11. The lowest BCUT2D eigenvalue weighted by Gasteiger charge is -2.44. The van der Waals surface area contributed by atoms with Crippen molar-refractivity contribution in [2.24, 2.45) is 35.3 Å². The molecular formula is C10H16ClNO2. The van der Waals surface area contributed by atoms with E-state index in [9.17, 15) is 4.79 Å². The molecule has 0 aromatic rings. The first kappa shape index (κ1) is 10.2. The summed E-state index contributed by atoms with van der Waals surface area (Å²) in [5.41, 5.74) is 6.00. The van der Waals surface area contributed by atoms with Gasteiger partial charge < -0.3 is 10.8 Å². The maximum absolute atomic E-state index is 11.0. The highest BCUT2D eigenvalue weighted by Gasteiger charge is 2.62. The van der Waals surface area contributed by atoms with E-state index in [1.54, 1.807) is 0 Å². The topological polar surface area (TPSA) is 63.3 Å². The van der Waals surface area contributed by atoms with Crippen LogP contribution in [0.1, 0.15) is 19.3 Å². The lowest BCUT2D eigenvalue weighted by molar-refractivity contribution is -0.149. The Labute approximate surface area is 89.5 Å². The maximum Gasteiger partial charge on any atom is 0.308 e. The molecule has 0 spiro atoms. The zero-order valence-electron chi connectivity index (χ0n) is 7.93. The van der Waals surface area contributed by atoms with Crippen molar-refractivity contribution < 1.29 is 9.90 Å². The summed E-state index contributed by atoms with van der Waals surface area (Å²) in [5.74, 6) is 1.55. The van der Waals surface area contributed by atoms with Gasteiger partial charge in [-0.1, -0.05) is 0 Å². The number of hydrogen-bond acceptors (Lipinski definition) is 2. The molecule has 0 aromatic heterocycles. The smallest absolute Gasteiger partial charge is 0.308 e. The van der Waals surface area contributed by atoms with Gasteiger partial charge in [-0.25, -0.2) is 0 Å². The number of nitrogens with two attached hydrogens (primary N) is 1. The average Bonchev–Trinajstić information content (AvgIpc) is 2.83. The van der Waals surface area contributed by atoms with Gasteiger partial charge in [0.25, 0.3) is 0 Å². The Hall–Kier alpha value is -0.280. The SMILES string of the molecule is Cl.N[C@@H]1[C@@H]2CC[C@@H]([C@H]3C[C@H]32)[C@@H]1C(=O)O. The highest BCUT2D eigenvalue weighted by Crippen LogP contribution is 2.63. The summed E-state index contributed by atoms with van der Waals surface area (Å²) >= 11 is 0. The molecule has 0 heterocycles. The molecule has 4 fully saturated rings. The third kappa shape index (κ3) is 1.12. The summed E-state index contributed by atoms with van der Waals surface area (Å²) in [5, 5.41) is 9.09. The van der Waals surface area contributed by atoms with Crippen molar-refractivity contribution in [1.29, 1.82) is 0 Å². The number of carbonyl (C=O) groups is 1. The first-order valence-electron chi connectivity index (χ1n) is 5.18. The second-order valence-corrected chi connectivity index (χ2v) is 4.91. The molecule has 80 valence electrons. The third-order valence-electron chi connectivity index (χ3n) is 4.48. The molecule has 0 radical (unpaired) electrons. The summed E-state index contributed by atoms with van der Waals surface area (Å²) in [6.45, 7) is 0. The van der Waals surface area contributed by atoms with Crippen molar-refractivity contribution in [3.63, 3.8) is 0 Å². The molecular weight excluding hydrogens is 202 g/mol. The van der Waals surface area contributed by atoms with Crippen LogP contribution in [-0.4, -0.2) is 17.1 Å². The van der Waals surface area contributed by atoms with E-state index in [0.717, 1.165) is 18.3 Å². The van der Waals surface area contributed by atoms with Crippen LogP contribution in [0.25, 0.3) is 0 Å². The Kier molecular flexibility index (Phi) is 2.27. The molecule has 0 saturated heterocycles. The van der Waals surface area contributed by atoms with E-state index in [0.29, 0.717) is 11.8 Å². The number of carboxylic acids is 1. The third-order valence-corrected chi connectivity index (χ3v) is 4.48. The minimum absolute atomic E-state index is 0. The fourth-order valence-electron chi connectivity index (χ4n) is 3.86. The first-order valence-corrected chi connectivity index (χ1v) is 5.18. The zero-order chi connectivity index (χ0) is 9.16. The van der Waals surface area contributed by atoms with Gasteiger partial charge in [-0.15, -0.1) is 12.4 Å². The van der Waals surface area contributed by atoms with Gasteiger partial charge in [0.1, 0.15) is 0 Å². The molecule has 0 aliphatic heterocycles. The summed E-state index contributed by atoms with van der Waals surface area (Å²) in [7, 11) is 0. The van der Waals surface area contributed by atoms with Gasteiger partial charge in [0.05, 0.1) is 5.92 Å². The van der Waals surface area contributed by atoms with Crippen molar-refractivity contribution in [1.82, 2.24) is 0 Å². The molecule has 4 saturated carbocycles. The molecule has 4 rings (SSSR count). The van der Waals surface area contributed by atoms with Crippen LogP contribution in [0.15, 0.2) is 0 Å². The monoisotopic (exact) mass is 217 g/mol. The lowest BCUT2D eigenvalue weighted by Crippen LogP contribution is -2.53.